The van der Waals surface area contributed by atoms with Crippen LogP contribution in [-0.2, 0) is 11.3 Å². The van der Waals surface area contributed by atoms with Crippen LogP contribution in [0.25, 0.3) is 0 Å². The van der Waals surface area contributed by atoms with Gasteiger partial charge in [-0.25, -0.2) is 0 Å². The summed E-state index contributed by atoms with van der Waals surface area (Å²) in [7, 11) is 0. The van der Waals surface area contributed by atoms with Crippen molar-refractivity contribution < 1.29 is 19.7 Å². The smallest absolute Gasteiger partial charge is 0.317 e. The number of carbonyl (C=O) groups is 1. The topological polar surface area (TPSA) is 73.2 Å². The Morgan fingerprint density at radius 2 is 1.90 bits per heavy atom. The van der Waals surface area contributed by atoms with Gasteiger partial charge in [0, 0.05) is 32.7 Å². The number of aromatic hydroxyl groups is 1. The van der Waals surface area contributed by atoms with Gasteiger partial charge >= 0.3 is 5.97 Å². The molecule has 1 aromatic rings. The molecule has 1 aliphatic rings. The monoisotopic (exact) mass is 294 g/mol. The van der Waals surface area contributed by atoms with Crippen LogP contribution >= 0.6 is 0 Å². The zero-order valence-electron chi connectivity index (χ0n) is 12.3. The lowest BCUT2D eigenvalue weighted by Crippen LogP contribution is -2.47. The maximum absolute atomic E-state index is 10.7. The molecule has 6 nitrogen and oxygen atoms in total. The van der Waals surface area contributed by atoms with E-state index >= 15 is 0 Å². The lowest BCUT2D eigenvalue weighted by Gasteiger charge is -2.33. The normalized spacial score (nSPS) is 16.8. The first-order valence-electron chi connectivity index (χ1n) is 7.19. The van der Waals surface area contributed by atoms with Crippen LogP contribution in [-0.4, -0.2) is 65.3 Å². The molecule has 21 heavy (non-hydrogen) atoms. The molecule has 6 heteroatoms. The minimum atomic E-state index is -0.775. The van der Waals surface area contributed by atoms with E-state index in [-0.39, 0.29) is 12.3 Å². The maximum atomic E-state index is 10.7. The lowest BCUT2D eigenvalue weighted by atomic mass is 10.1. The van der Waals surface area contributed by atoms with Gasteiger partial charge in [-0.1, -0.05) is 6.07 Å². The number of hydrogen-bond acceptors (Lipinski definition) is 5. The largest absolute Gasteiger partial charge is 0.504 e. The molecule has 1 aromatic carbocycles. The minimum absolute atomic E-state index is 0.113. The maximum Gasteiger partial charge on any atom is 0.317 e. The first kappa shape index (κ1) is 15.6. The van der Waals surface area contributed by atoms with Gasteiger partial charge in [-0.3, -0.25) is 14.6 Å². The lowest BCUT2D eigenvalue weighted by molar-refractivity contribution is -0.138. The Labute approximate surface area is 124 Å². The van der Waals surface area contributed by atoms with Crippen molar-refractivity contribution in [3.05, 3.63) is 23.8 Å². The summed E-state index contributed by atoms with van der Waals surface area (Å²) < 4.78 is 5.39. The average molecular weight is 294 g/mol. The second kappa shape index (κ2) is 7.28. The summed E-state index contributed by atoms with van der Waals surface area (Å²) >= 11 is 0. The first-order chi connectivity index (χ1) is 10.1. The van der Waals surface area contributed by atoms with Gasteiger partial charge in [-0.05, 0) is 24.6 Å². The molecular weight excluding hydrogens is 272 g/mol. The number of aliphatic carboxylic acids is 1. The van der Waals surface area contributed by atoms with Gasteiger partial charge in [0.25, 0.3) is 0 Å². The van der Waals surface area contributed by atoms with Crippen molar-refractivity contribution in [1.82, 2.24) is 9.80 Å². The molecule has 1 aliphatic heterocycles. The molecule has 1 saturated heterocycles. The number of benzene rings is 1. The number of nitrogens with zero attached hydrogens (tertiary/aromatic N) is 2. The molecule has 0 bridgehead atoms. The van der Waals surface area contributed by atoms with Crippen LogP contribution in [0.3, 0.4) is 0 Å². The van der Waals surface area contributed by atoms with E-state index in [0.29, 0.717) is 12.4 Å². The summed E-state index contributed by atoms with van der Waals surface area (Å²) in [6, 6.07) is 5.41. The van der Waals surface area contributed by atoms with Gasteiger partial charge in [-0.2, -0.15) is 0 Å². The predicted molar refractivity (Wildman–Crippen MR) is 78.6 cm³/mol. The number of carboxylic acid groups (broad SMARTS) is 1. The van der Waals surface area contributed by atoms with Crippen molar-refractivity contribution in [3.63, 3.8) is 0 Å². The van der Waals surface area contributed by atoms with Crippen molar-refractivity contribution in [2.45, 2.75) is 13.5 Å². The van der Waals surface area contributed by atoms with Crippen LogP contribution in [0.1, 0.15) is 12.5 Å². The van der Waals surface area contributed by atoms with Crippen molar-refractivity contribution in [2.24, 2.45) is 0 Å². The first-order valence-corrected chi connectivity index (χ1v) is 7.19. The predicted octanol–water partition coefficient (Wildman–Crippen LogP) is 0.993. The fourth-order valence-corrected chi connectivity index (χ4v) is 2.48. The van der Waals surface area contributed by atoms with E-state index in [1.54, 1.807) is 6.07 Å². The number of rotatable bonds is 6. The molecule has 116 valence electrons. The minimum Gasteiger partial charge on any atom is -0.504 e. The molecular formula is C15H22N2O4. The number of hydrogen-bond donors (Lipinski definition) is 2. The van der Waals surface area contributed by atoms with Gasteiger partial charge in [0.1, 0.15) is 0 Å². The molecule has 1 heterocycles. The summed E-state index contributed by atoms with van der Waals surface area (Å²) in [6.07, 6.45) is 0. The fraction of sp³-hybridized carbons (Fsp3) is 0.533. The van der Waals surface area contributed by atoms with Crippen molar-refractivity contribution >= 4 is 5.97 Å². The van der Waals surface area contributed by atoms with Crippen LogP contribution in [0.5, 0.6) is 11.5 Å². The molecule has 2 N–H and O–H groups in total. The van der Waals surface area contributed by atoms with Crippen molar-refractivity contribution in [3.8, 4) is 11.5 Å². The van der Waals surface area contributed by atoms with Crippen LogP contribution < -0.4 is 4.74 Å². The van der Waals surface area contributed by atoms with Gasteiger partial charge in [0.15, 0.2) is 11.5 Å². The summed E-state index contributed by atoms with van der Waals surface area (Å²) in [5.74, 6) is -0.102. The third kappa shape index (κ3) is 4.61. The Balaban J connectivity index is 1.88. The fourth-order valence-electron chi connectivity index (χ4n) is 2.48. The van der Waals surface area contributed by atoms with E-state index in [9.17, 15) is 9.90 Å². The second-order valence-electron chi connectivity index (χ2n) is 5.18. The van der Waals surface area contributed by atoms with Crippen LogP contribution in [0.2, 0.25) is 0 Å². The molecule has 0 atom stereocenters. The van der Waals surface area contributed by atoms with Gasteiger partial charge in [0.2, 0.25) is 0 Å². The van der Waals surface area contributed by atoms with E-state index < -0.39 is 5.97 Å². The number of phenols is 1. The Bertz CT molecular complexity index is 485. The summed E-state index contributed by atoms with van der Waals surface area (Å²) in [5.41, 5.74) is 1.09. The number of ether oxygens (including phenoxy) is 1. The SMILES string of the molecule is CCOc1cc(CN2CCN(CC(=O)O)CC2)ccc1O. The number of phenolic OH excluding ortho intramolecular Hbond substituents is 1. The van der Waals surface area contributed by atoms with Gasteiger partial charge < -0.3 is 14.9 Å². The van der Waals surface area contributed by atoms with Gasteiger partial charge in [-0.15, -0.1) is 0 Å². The highest BCUT2D eigenvalue weighted by atomic mass is 16.5. The highest BCUT2D eigenvalue weighted by Crippen LogP contribution is 2.27. The molecule has 0 saturated carbocycles. The number of carboxylic acids is 1. The van der Waals surface area contributed by atoms with E-state index in [2.05, 4.69) is 4.90 Å². The van der Waals surface area contributed by atoms with Gasteiger partial charge in [0.05, 0.1) is 13.2 Å². The molecule has 0 amide bonds. The highest BCUT2D eigenvalue weighted by Gasteiger charge is 2.18. The number of piperazine rings is 1. The zero-order valence-corrected chi connectivity index (χ0v) is 12.3. The zero-order chi connectivity index (χ0) is 15.2. The Kier molecular flexibility index (Phi) is 5.41. The summed E-state index contributed by atoms with van der Waals surface area (Å²) in [5, 5.41) is 18.5. The molecule has 0 aliphatic carbocycles. The van der Waals surface area contributed by atoms with E-state index in [4.69, 9.17) is 9.84 Å². The average Bonchev–Trinajstić information content (AvgIpc) is 2.44. The second-order valence-corrected chi connectivity index (χ2v) is 5.18. The third-order valence-corrected chi connectivity index (χ3v) is 3.55. The summed E-state index contributed by atoms with van der Waals surface area (Å²) in [6.45, 7) is 6.52. The van der Waals surface area contributed by atoms with E-state index in [1.165, 1.54) is 0 Å². The highest BCUT2D eigenvalue weighted by molar-refractivity contribution is 5.69. The van der Waals surface area contributed by atoms with Crippen molar-refractivity contribution in [1.29, 1.82) is 0 Å². The molecule has 0 aromatic heterocycles. The molecule has 2 rings (SSSR count). The molecule has 0 spiro atoms. The van der Waals surface area contributed by atoms with Crippen LogP contribution in [0.15, 0.2) is 18.2 Å². The summed E-state index contributed by atoms with van der Waals surface area (Å²) in [4.78, 5) is 14.9. The van der Waals surface area contributed by atoms with Crippen LogP contribution in [0, 0.1) is 0 Å². The Morgan fingerprint density at radius 3 is 2.52 bits per heavy atom. The molecule has 1 fully saturated rings. The Morgan fingerprint density at radius 1 is 1.24 bits per heavy atom. The van der Waals surface area contributed by atoms with Crippen molar-refractivity contribution in [2.75, 3.05) is 39.3 Å². The molecule has 0 unspecified atom stereocenters. The quantitative estimate of drug-likeness (QED) is 0.815. The standard InChI is InChI=1S/C15H22N2O4/c1-2-21-14-9-12(3-4-13(14)18)10-16-5-7-17(8-6-16)11-15(19)20/h3-4,9,18H,2,5-8,10-11H2,1H3,(H,19,20). The third-order valence-electron chi connectivity index (χ3n) is 3.55. The Hall–Kier alpha value is -1.79. The van der Waals surface area contributed by atoms with E-state index in [1.807, 2.05) is 24.0 Å². The molecule has 0 radical (unpaired) electrons. The van der Waals surface area contributed by atoms with Crippen LogP contribution in [0.4, 0.5) is 0 Å². The van der Waals surface area contributed by atoms with E-state index in [0.717, 1.165) is 38.3 Å².